The Kier molecular flexibility index (Phi) is 7.40. The predicted molar refractivity (Wildman–Crippen MR) is 119 cm³/mol. The maximum atomic E-state index is 14.1. The van der Waals surface area contributed by atoms with Gasteiger partial charge in [-0.15, -0.1) is 0 Å². The second-order valence-corrected chi connectivity index (χ2v) is 7.38. The van der Waals surface area contributed by atoms with E-state index in [-0.39, 0.29) is 22.5 Å². The van der Waals surface area contributed by atoms with E-state index in [1.165, 1.54) is 30.5 Å². The number of hydrogen-bond donors (Lipinski definition) is 3. The molecule has 3 N–H and O–H groups in total. The van der Waals surface area contributed by atoms with E-state index in [2.05, 4.69) is 20.9 Å². The van der Waals surface area contributed by atoms with Crippen LogP contribution in [0.15, 0.2) is 42.6 Å². The van der Waals surface area contributed by atoms with Gasteiger partial charge in [0.05, 0.1) is 16.8 Å². The monoisotopic (exact) mass is 450 g/mol. The summed E-state index contributed by atoms with van der Waals surface area (Å²) in [6.07, 6.45) is -2.63. The first-order chi connectivity index (χ1) is 15.2. The molecule has 1 heterocycles. The third-order valence-electron chi connectivity index (χ3n) is 5.34. The van der Waals surface area contributed by atoms with Crippen molar-refractivity contribution in [3.05, 3.63) is 59.5 Å². The summed E-state index contributed by atoms with van der Waals surface area (Å²) in [6, 6.07) is 8.04. The molecule has 0 unspecified atom stereocenters. The van der Waals surface area contributed by atoms with E-state index in [0.29, 0.717) is 18.7 Å². The zero-order valence-corrected chi connectivity index (χ0v) is 17.9. The lowest BCUT2D eigenvalue weighted by Crippen LogP contribution is -2.25. The molecule has 1 amide bonds. The number of hydrogen-bond acceptors (Lipinski definition) is 4. The van der Waals surface area contributed by atoms with Gasteiger partial charge in [0.1, 0.15) is 5.82 Å². The lowest BCUT2D eigenvalue weighted by atomic mass is 10.1. The second-order valence-electron chi connectivity index (χ2n) is 7.38. The van der Waals surface area contributed by atoms with Gasteiger partial charge in [-0.05, 0) is 56.4 Å². The Balaban J connectivity index is 1.75. The van der Waals surface area contributed by atoms with Gasteiger partial charge in [0.25, 0.3) is 5.91 Å². The number of halogens is 4. The van der Waals surface area contributed by atoms with Crippen molar-refractivity contribution in [3.63, 3.8) is 0 Å². The van der Waals surface area contributed by atoms with Gasteiger partial charge in [0.15, 0.2) is 0 Å². The predicted octanol–water partition coefficient (Wildman–Crippen LogP) is 5.39. The zero-order chi connectivity index (χ0) is 23.3. The number of anilines is 3. The van der Waals surface area contributed by atoms with Crippen LogP contribution in [0.25, 0.3) is 5.57 Å². The molecule has 0 atom stereocenters. The molecule has 2 aromatic carbocycles. The number of benzene rings is 2. The van der Waals surface area contributed by atoms with Crippen molar-refractivity contribution >= 4 is 28.5 Å². The largest absolute Gasteiger partial charge is 0.418 e. The maximum absolute atomic E-state index is 14.1. The summed E-state index contributed by atoms with van der Waals surface area (Å²) >= 11 is 0. The lowest BCUT2D eigenvalue weighted by Gasteiger charge is -2.19. The molecule has 172 valence electrons. The van der Waals surface area contributed by atoms with Crippen LogP contribution in [-0.4, -0.2) is 37.0 Å². The fourth-order valence-corrected chi connectivity index (χ4v) is 3.59. The highest BCUT2D eigenvalue weighted by molar-refractivity contribution is 6.31. The van der Waals surface area contributed by atoms with Gasteiger partial charge in [-0.25, -0.2) is 4.39 Å². The molecule has 3 rings (SSSR count). The number of nitrogens with zero attached hydrogens (tertiary/aromatic N) is 1. The van der Waals surface area contributed by atoms with Crippen LogP contribution >= 0.6 is 0 Å². The van der Waals surface area contributed by atoms with Crippen LogP contribution in [0, 0.1) is 5.82 Å². The van der Waals surface area contributed by atoms with E-state index in [1.807, 2.05) is 13.8 Å². The molecule has 0 bridgehead atoms. The molecule has 0 saturated carbocycles. The number of amides is 1. The van der Waals surface area contributed by atoms with Crippen molar-refractivity contribution in [2.24, 2.45) is 0 Å². The Morgan fingerprint density at radius 1 is 1.12 bits per heavy atom. The molecule has 0 spiro atoms. The molecule has 32 heavy (non-hydrogen) atoms. The fourth-order valence-electron chi connectivity index (χ4n) is 3.59. The third kappa shape index (κ3) is 5.40. The minimum atomic E-state index is -4.56. The zero-order valence-electron chi connectivity index (χ0n) is 17.9. The van der Waals surface area contributed by atoms with E-state index in [1.54, 1.807) is 6.07 Å². The summed E-state index contributed by atoms with van der Waals surface area (Å²) in [5.74, 6) is -1.12. The highest BCUT2D eigenvalue weighted by atomic mass is 19.4. The van der Waals surface area contributed by atoms with Crippen LogP contribution in [0.4, 0.5) is 34.6 Å². The molecule has 0 saturated heterocycles. The average Bonchev–Trinajstić information content (AvgIpc) is 3.08. The molecular formula is C23H26F4N4O. The van der Waals surface area contributed by atoms with Crippen molar-refractivity contribution in [2.45, 2.75) is 26.4 Å². The van der Waals surface area contributed by atoms with Crippen LogP contribution in [-0.2, 0) is 11.0 Å². The van der Waals surface area contributed by atoms with E-state index < -0.39 is 23.5 Å². The number of rotatable bonds is 9. The van der Waals surface area contributed by atoms with Crippen LogP contribution in [0.5, 0.6) is 0 Å². The number of carbonyl (C=O) groups excluding carboxylic acids is 1. The van der Waals surface area contributed by atoms with Crippen molar-refractivity contribution in [3.8, 4) is 0 Å². The van der Waals surface area contributed by atoms with E-state index >= 15 is 0 Å². The maximum Gasteiger partial charge on any atom is 0.418 e. The Hall–Kier alpha value is -3.07. The van der Waals surface area contributed by atoms with Crippen LogP contribution in [0.3, 0.4) is 0 Å². The SMILES string of the molecule is CCN(CC)CCCNc1ccc(NC=C2C(=O)Nc3cccc(F)c32)cc1C(F)(F)F. The molecule has 5 nitrogen and oxygen atoms in total. The molecule has 1 aliphatic heterocycles. The molecule has 0 radical (unpaired) electrons. The van der Waals surface area contributed by atoms with E-state index in [4.69, 9.17) is 0 Å². The first kappa shape index (κ1) is 23.6. The van der Waals surface area contributed by atoms with Gasteiger partial charge in [-0.2, -0.15) is 13.2 Å². The number of fused-ring (bicyclic) bond motifs is 1. The smallest absolute Gasteiger partial charge is 0.385 e. The highest BCUT2D eigenvalue weighted by Gasteiger charge is 2.34. The van der Waals surface area contributed by atoms with Gasteiger partial charge in [-0.1, -0.05) is 19.9 Å². The Bertz CT molecular complexity index is 1000. The molecule has 0 fully saturated rings. The van der Waals surface area contributed by atoms with Crippen LogP contribution in [0.2, 0.25) is 0 Å². The summed E-state index contributed by atoms with van der Waals surface area (Å²) < 4.78 is 55.0. The summed E-state index contributed by atoms with van der Waals surface area (Å²) in [5.41, 5.74) is -0.256. The summed E-state index contributed by atoms with van der Waals surface area (Å²) in [6.45, 7) is 7.09. The third-order valence-corrected chi connectivity index (χ3v) is 5.34. The number of alkyl halides is 3. The van der Waals surface area contributed by atoms with Crippen molar-refractivity contribution < 1.29 is 22.4 Å². The molecule has 2 aromatic rings. The van der Waals surface area contributed by atoms with Crippen molar-refractivity contribution in [2.75, 3.05) is 42.1 Å². The van der Waals surface area contributed by atoms with Gasteiger partial charge >= 0.3 is 6.18 Å². The number of nitrogens with one attached hydrogen (secondary N) is 3. The topological polar surface area (TPSA) is 56.4 Å². The quantitative estimate of drug-likeness (QED) is 0.272. The molecular weight excluding hydrogens is 424 g/mol. The van der Waals surface area contributed by atoms with Crippen LogP contribution < -0.4 is 16.0 Å². The van der Waals surface area contributed by atoms with Gasteiger partial charge in [0.2, 0.25) is 0 Å². The van der Waals surface area contributed by atoms with Gasteiger partial charge < -0.3 is 20.9 Å². The Morgan fingerprint density at radius 3 is 2.56 bits per heavy atom. The number of carbonyl (C=O) groups is 1. The summed E-state index contributed by atoms with van der Waals surface area (Å²) in [4.78, 5) is 14.3. The highest BCUT2D eigenvalue weighted by Crippen LogP contribution is 2.37. The van der Waals surface area contributed by atoms with Crippen molar-refractivity contribution in [1.29, 1.82) is 0 Å². The molecule has 1 aliphatic rings. The van der Waals surface area contributed by atoms with Crippen molar-refractivity contribution in [1.82, 2.24) is 4.90 Å². The first-order valence-electron chi connectivity index (χ1n) is 10.5. The summed E-state index contributed by atoms with van der Waals surface area (Å²) in [5, 5.41) is 8.10. The second kappa shape index (κ2) is 10.0. The average molecular weight is 450 g/mol. The van der Waals surface area contributed by atoms with Gasteiger partial charge in [0, 0.05) is 29.7 Å². The minimum Gasteiger partial charge on any atom is -0.385 e. The fraction of sp³-hybridized carbons (Fsp3) is 0.348. The normalized spacial score (nSPS) is 14.6. The van der Waals surface area contributed by atoms with Crippen LogP contribution in [0.1, 0.15) is 31.4 Å². The van der Waals surface area contributed by atoms with E-state index in [9.17, 15) is 22.4 Å². The van der Waals surface area contributed by atoms with E-state index in [0.717, 1.165) is 25.7 Å². The van der Waals surface area contributed by atoms with Gasteiger partial charge in [-0.3, -0.25) is 4.79 Å². The summed E-state index contributed by atoms with van der Waals surface area (Å²) in [7, 11) is 0. The molecule has 0 aliphatic carbocycles. The first-order valence-corrected chi connectivity index (χ1v) is 10.5. The Morgan fingerprint density at radius 2 is 1.88 bits per heavy atom. The lowest BCUT2D eigenvalue weighted by molar-refractivity contribution is -0.136. The Labute approximate surface area is 184 Å². The minimum absolute atomic E-state index is 0.00903. The molecule has 9 heteroatoms. The molecule has 0 aromatic heterocycles. The standard InChI is InChI=1S/C23H26F4N4O/c1-3-31(4-2)12-6-11-28-19-10-9-15(13-17(19)23(25,26)27)29-14-16-21-18(24)7-5-8-20(21)30-22(16)32/h5,7-10,13-14,28-29H,3-4,6,11-12H2,1-2H3,(H,30,32).